The molecule has 0 bridgehead atoms. The van der Waals surface area contributed by atoms with Gasteiger partial charge in [-0.1, -0.05) is 26.7 Å². The maximum atomic E-state index is 6.01. The van der Waals surface area contributed by atoms with Crippen molar-refractivity contribution < 1.29 is 0 Å². The quantitative estimate of drug-likeness (QED) is 0.694. The van der Waals surface area contributed by atoms with E-state index < -0.39 is 0 Å². The molecular weight excluding hydrogens is 154 g/mol. The fraction of sp³-hybridized carbons (Fsp3) is 1.00. The molecule has 2 heteroatoms. The van der Waals surface area contributed by atoms with Gasteiger partial charge < -0.3 is 5.73 Å². The van der Waals surface area contributed by atoms with Crippen LogP contribution < -0.4 is 5.73 Å². The van der Waals surface area contributed by atoms with Crippen LogP contribution in [0.15, 0.2) is 0 Å². The van der Waals surface area contributed by atoms with E-state index in [2.05, 4.69) is 25.6 Å². The summed E-state index contributed by atoms with van der Waals surface area (Å²) in [5.41, 5.74) is 6.01. The van der Waals surface area contributed by atoms with Gasteiger partial charge in [0, 0.05) is 11.3 Å². The largest absolute Gasteiger partial charge is 0.327 e. The van der Waals surface area contributed by atoms with Gasteiger partial charge in [0.05, 0.1) is 0 Å². The monoisotopic (exact) mass is 173 g/mol. The smallest absolute Gasteiger partial charge is 0.0201 e. The van der Waals surface area contributed by atoms with Crippen LogP contribution in [0.3, 0.4) is 0 Å². The van der Waals surface area contributed by atoms with Gasteiger partial charge in [-0.2, -0.15) is 11.8 Å². The fourth-order valence-electron chi connectivity index (χ4n) is 1.64. The zero-order valence-corrected chi connectivity index (χ0v) is 8.36. The van der Waals surface area contributed by atoms with Crippen LogP contribution in [0.5, 0.6) is 0 Å². The highest BCUT2D eigenvalue weighted by Gasteiger charge is 2.22. The zero-order chi connectivity index (χ0) is 8.27. The zero-order valence-electron chi connectivity index (χ0n) is 7.55. The summed E-state index contributed by atoms with van der Waals surface area (Å²) in [6.45, 7) is 4.51. The summed E-state index contributed by atoms with van der Waals surface area (Å²) in [6, 6.07) is 0.469. The summed E-state index contributed by atoms with van der Waals surface area (Å²) in [5, 5.41) is 1.48. The summed E-state index contributed by atoms with van der Waals surface area (Å²) in [4.78, 5) is 0. The molecule has 1 fully saturated rings. The van der Waals surface area contributed by atoms with E-state index in [1.54, 1.807) is 0 Å². The summed E-state index contributed by atoms with van der Waals surface area (Å²) in [5.74, 6) is 0. The molecule has 2 unspecified atom stereocenters. The van der Waals surface area contributed by atoms with E-state index in [4.69, 9.17) is 5.73 Å². The second-order valence-electron chi connectivity index (χ2n) is 3.67. The van der Waals surface area contributed by atoms with Gasteiger partial charge in [0.15, 0.2) is 0 Å². The Morgan fingerprint density at radius 2 is 1.91 bits per heavy atom. The van der Waals surface area contributed by atoms with E-state index in [1.165, 1.54) is 25.7 Å². The molecule has 0 heterocycles. The number of hydrogen-bond donors (Lipinski definition) is 1. The van der Waals surface area contributed by atoms with Crippen LogP contribution in [0.25, 0.3) is 0 Å². The third-order valence-electron chi connectivity index (χ3n) is 2.20. The number of hydrogen-bond acceptors (Lipinski definition) is 2. The van der Waals surface area contributed by atoms with E-state index in [0.29, 0.717) is 6.04 Å². The van der Waals surface area contributed by atoms with Crippen LogP contribution in [-0.4, -0.2) is 16.5 Å². The average molecular weight is 173 g/mol. The van der Waals surface area contributed by atoms with E-state index in [9.17, 15) is 0 Å². The Kier molecular flexibility index (Phi) is 3.73. The lowest BCUT2D eigenvalue weighted by Gasteiger charge is -2.29. The summed E-state index contributed by atoms with van der Waals surface area (Å²) in [6.07, 6.45) is 5.31. The molecule has 66 valence electrons. The van der Waals surface area contributed by atoms with Crippen LogP contribution in [0.4, 0.5) is 0 Å². The molecule has 1 nitrogen and oxygen atoms in total. The van der Waals surface area contributed by atoms with Gasteiger partial charge in [-0.05, 0) is 18.1 Å². The van der Waals surface area contributed by atoms with Crippen LogP contribution in [-0.2, 0) is 0 Å². The first-order valence-corrected chi connectivity index (χ1v) is 5.55. The fourth-order valence-corrected chi connectivity index (χ4v) is 2.98. The molecule has 0 aromatic carbocycles. The van der Waals surface area contributed by atoms with Gasteiger partial charge in [0.25, 0.3) is 0 Å². The highest BCUT2D eigenvalue weighted by molar-refractivity contribution is 8.00. The van der Waals surface area contributed by atoms with Gasteiger partial charge in [0.1, 0.15) is 0 Å². The predicted octanol–water partition coefficient (Wildman–Crippen LogP) is 2.40. The average Bonchev–Trinajstić information content (AvgIpc) is 1.93. The molecule has 2 N–H and O–H groups in total. The second-order valence-corrected chi connectivity index (χ2v) is 5.49. The Balaban J connectivity index is 2.29. The summed E-state index contributed by atoms with van der Waals surface area (Å²) < 4.78 is 0. The highest BCUT2D eigenvalue weighted by Crippen LogP contribution is 2.29. The van der Waals surface area contributed by atoms with Crippen LogP contribution in [0, 0.1) is 0 Å². The Hall–Kier alpha value is 0.310. The third kappa shape index (κ3) is 3.04. The minimum atomic E-state index is 0.469. The van der Waals surface area contributed by atoms with E-state index >= 15 is 0 Å². The molecule has 2 atom stereocenters. The number of nitrogens with two attached hydrogens (primary N) is 1. The highest BCUT2D eigenvalue weighted by atomic mass is 32.2. The first kappa shape index (κ1) is 9.40. The van der Waals surface area contributed by atoms with Gasteiger partial charge in [-0.25, -0.2) is 0 Å². The molecule has 1 aliphatic carbocycles. The van der Waals surface area contributed by atoms with Gasteiger partial charge in [-0.15, -0.1) is 0 Å². The van der Waals surface area contributed by atoms with Crippen molar-refractivity contribution in [2.24, 2.45) is 5.73 Å². The lowest BCUT2D eigenvalue weighted by Crippen LogP contribution is -2.36. The maximum absolute atomic E-state index is 6.01. The van der Waals surface area contributed by atoms with Crippen molar-refractivity contribution in [3.8, 4) is 0 Å². The topological polar surface area (TPSA) is 26.0 Å². The van der Waals surface area contributed by atoms with E-state index in [-0.39, 0.29) is 0 Å². The Bertz CT molecular complexity index is 114. The van der Waals surface area contributed by atoms with Crippen molar-refractivity contribution in [3.05, 3.63) is 0 Å². The molecular formula is C9H19NS. The third-order valence-corrected chi connectivity index (χ3v) is 3.68. The van der Waals surface area contributed by atoms with Gasteiger partial charge in [-0.3, -0.25) is 0 Å². The van der Waals surface area contributed by atoms with Crippen molar-refractivity contribution in [2.75, 3.05) is 0 Å². The molecule has 0 aliphatic heterocycles. The molecule has 0 spiro atoms. The van der Waals surface area contributed by atoms with Crippen molar-refractivity contribution in [1.29, 1.82) is 0 Å². The van der Waals surface area contributed by atoms with Crippen LogP contribution in [0.2, 0.25) is 0 Å². The molecule has 0 aromatic heterocycles. The van der Waals surface area contributed by atoms with Crippen molar-refractivity contribution in [1.82, 2.24) is 0 Å². The Morgan fingerprint density at radius 3 is 2.45 bits per heavy atom. The van der Waals surface area contributed by atoms with Crippen LogP contribution >= 0.6 is 11.8 Å². The molecule has 0 saturated heterocycles. The minimum Gasteiger partial charge on any atom is -0.327 e. The Morgan fingerprint density at radius 1 is 1.27 bits per heavy atom. The van der Waals surface area contributed by atoms with Crippen molar-refractivity contribution >= 4 is 11.8 Å². The van der Waals surface area contributed by atoms with Crippen LogP contribution in [0.1, 0.15) is 39.5 Å². The summed E-state index contributed by atoms with van der Waals surface area (Å²) in [7, 11) is 0. The molecule has 0 aromatic rings. The standard InChI is InChI=1S/C9H19NS/c1-7(2)11-9-6-4-3-5-8(9)10/h7-9H,3-6,10H2,1-2H3. The van der Waals surface area contributed by atoms with Crippen molar-refractivity contribution in [2.45, 2.75) is 56.1 Å². The first-order chi connectivity index (χ1) is 5.20. The Labute approximate surface area is 74.1 Å². The van der Waals surface area contributed by atoms with E-state index in [0.717, 1.165) is 10.5 Å². The van der Waals surface area contributed by atoms with Gasteiger partial charge in [0.2, 0.25) is 0 Å². The molecule has 1 saturated carbocycles. The second kappa shape index (κ2) is 4.36. The normalized spacial score (nSPS) is 32.7. The van der Waals surface area contributed by atoms with E-state index in [1.807, 2.05) is 0 Å². The maximum Gasteiger partial charge on any atom is 0.0201 e. The van der Waals surface area contributed by atoms with Gasteiger partial charge >= 0.3 is 0 Å². The molecule has 0 amide bonds. The predicted molar refractivity (Wildman–Crippen MR) is 53.0 cm³/mol. The lowest BCUT2D eigenvalue weighted by molar-refractivity contribution is 0.452. The molecule has 0 radical (unpaired) electrons. The first-order valence-electron chi connectivity index (χ1n) is 4.61. The SMILES string of the molecule is CC(C)SC1CCCCC1N. The molecule has 1 aliphatic rings. The number of thioether (sulfide) groups is 1. The lowest BCUT2D eigenvalue weighted by atomic mass is 9.96. The van der Waals surface area contributed by atoms with Crippen molar-refractivity contribution in [3.63, 3.8) is 0 Å². The summed E-state index contributed by atoms with van der Waals surface area (Å²) >= 11 is 2.06. The molecule has 11 heavy (non-hydrogen) atoms. The molecule has 1 rings (SSSR count). The number of rotatable bonds is 2. The minimum absolute atomic E-state index is 0.469.